The molecule has 0 saturated carbocycles. The van der Waals surface area contributed by atoms with Crippen LogP contribution < -0.4 is 0 Å². The van der Waals surface area contributed by atoms with Gasteiger partial charge in [-0.1, -0.05) is 17.9 Å². The summed E-state index contributed by atoms with van der Waals surface area (Å²) in [6.45, 7) is 6.26. The van der Waals surface area contributed by atoms with Crippen molar-refractivity contribution in [3.63, 3.8) is 0 Å². The molecule has 0 amide bonds. The molecular formula is C17H22FNO2. The van der Waals surface area contributed by atoms with Gasteiger partial charge in [0.1, 0.15) is 5.82 Å². The van der Waals surface area contributed by atoms with Gasteiger partial charge in [0, 0.05) is 36.7 Å². The van der Waals surface area contributed by atoms with E-state index in [4.69, 9.17) is 9.84 Å². The third kappa shape index (κ3) is 4.53. The smallest absolute Gasteiger partial charge is 0.128 e. The van der Waals surface area contributed by atoms with E-state index < -0.39 is 0 Å². The highest BCUT2D eigenvalue weighted by Crippen LogP contribution is 2.18. The van der Waals surface area contributed by atoms with E-state index in [0.717, 1.165) is 6.54 Å². The Morgan fingerprint density at radius 3 is 2.95 bits per heavy atom. The van der Waals surface area contributed by atoms with E-state index in [1.54, 1.807) is 6.07 Å². The Balaban J connectivity index is 2.05. The van der Waals surface area contributed by atoms with Gasteiger partial charge < -0.3 is 9.84 Å². The van der Waals surface area contributed by atoms with Crippen LogP contribution in [-0.2, 0) is 11.3 Å². The monoisotopic (exact) mass is 291 g/mol. The summed E-state index contributed by atoms with van der Waals surface area (Å²) in [4.78, 5) is 2.24. The zero-order valence-corrected chi connectivity index (χ0v) is 12.6. The summed E-state index contributed by atoms with van der Waals surface area (Å²) >= 11 is 0. The molecule has 1 N–H and O–H groups in total. The van der Waals surface area contributed by atoms with Crippen molar-refractivity contribution in [2.75, 3.05) is 19.8 Å². The predicted molar refractivity (Wildman–Crippen MR) is 80.3 cm³/mol. The molecule has 4 heteroatoms. The zero-order valence-electron chi connectivity index (χ0n) is 12.6. The maximum atomic E-state index is 14.2. The van der Waals surface area contributed by atoms with Crippen LogP contribution in [0.15, 0.2) is 18.2 Å². The van der Waals surface area contributed by atoms with Gasteiger partial charge in [-0.3, -0.25) is 4.90 Å². The topological polar surface area (TPSA) is 32.7 Å². The Labute approximate surface area is 125 Å². The molecule has 0 aromatic heterocycles. The lowest BCUT2D eigenvalue weighted by Crippen LogP contribution is -2.46. The van der Waals surface area contributed by atoms with Crippen LogP contribution in [0.5, 0.6) is 0 Å². The van der Waals surface area contributed by atoms with Crippen LogP contribution in [-0.4, -0.2) is 41.9 Å². The SMILES string of the molecule is CC1CN(Cc2ccc(C#CCCO)cc2F)C(C)CO1. The standard InChI is InChI=1S/C17H22FNO2/c1-13-12-21-14(2)10-19(13)11-16-7-6-15(9-17(16)18)5-3-4-8-20/h6-7,9,13-14,20H,4,8,10-12H2,1-2H3. The van der Waals surface area contributed by atoms with E-state index in [9.17, 15) is 4.39 Å². The van der Waals surface area contributed by atoms with Crippen molar-refractivity contribution >= 4 is 0 Å². The number of ether oxygens (including phenoxy) is 1. The number of rotatable bonds is 3. The second kappa shape index (κ2) is 7.56. The van der Waals surface area contributed by atoms with Gasteiger partial charge in [0.25, 0.3) is 0 Å². The molecule has 0 bridgehead atoms. The van der Waals surface area contributed by atoms with Crippen LogP contribution >= 0.6 is 0 Å². The summed E-state index contributed by atoms with van der Waals surface area (Å²) in [5.41, 5.74) is 1.33. The Bertz CT molecular complexity index is 535. The normalized spacial score (nSPS) is 22.7. The van der Waals surface area contributed by atoms with Crippen molar-refractivity contribution in [3.05, 3.63) is 35.1 Å². The Kier molecular flexibility index (Phi) is 5.75. The van der Waals surface area contributed by atoms with E-state index in [0.29, 0.717) is 36.7 Å². The molecule has 1 fully saturated rings. The fourth-order valence-electron chi connectivity index (χ4n) is 2.38. The summed E-state index contributed by atoms with van der Waals surface area (Å²) in [6, 6.07) is 5.39. The maximum absolute atomic E-state index is 14.2. The van der Waals surface area contributed by atoms with E-state index in [2.05, 4.69) is 23.7 Å². The number of hydrogen-bond acceptors (Lipinski definition) is 3. The number of morpholine rings is 1. The first kappa shape index (κ1) is 16.0. The van der Waals surface area contributed by atoms with E-state index >= 15 is 0 Å². The van der Waals surface area contributed by atoms with Gasteiger partial charge in [-0.25, -0.2) is 4.39 Å². The minimum Gasteiger partial charge on any atom is -0.395 e. The summed E-state index contributed by atoms with van der Waals surface area (Å²) < 4.78 is 19.8. The largest absolute Gasteiger partial charge is 0.395 e. The summed E-state index contributed by atoms with van der Waals surface area (Å²) in [5, 5.41) is 8.68. The molecule has 1 saturated heterocycles. The molecule has 21 heavy (non-hydrogen) atoms. The molecule has 0 radical (unpaired) electrons. The van der Waals surface area contributed by atoms with Crippen LogP contribution in [0.4, 0.5) is 4.39 Å². The highest BCUT2D eigenvalue weighted by atomic mass is 19.1. The Morgan fingerprint density at radius 1 is 1.43 bits per heavy atom. The van der Waals surface area contributed by atoms with Crippen LogP contribution in [0.25, 0.3) is 0 Å². The van der Waals surface area contributed by atoms with Crippen molar-refractivity contribution in [2.45, 2.75) is 39.0 Å². The average Bonchev–Trinajstić information content (AvgIpc) is 2.46. The summed E-state index contributed by atoms with van der Waals surface area (Å²) in [5.74, 6) is 5.42. The van der Waals surface area contributed by atoms with Gasteiger partial charge in [0.15, 0.2) is 0 Å². The molecule has 0 aliphatic carbocycles. The summed E-state index contributed by atoms with van der Waals surface area (Å²) in [7, 11) is 0. The van der Waals surface area contributed by atoms with Gasteiger partial charge >= 0.3 is 0 Å². The van der Waals surface area contributed by atoms with Crippen molar-refractivity contribution in [1.82, 2.24) is 4.90 Å². The van der Waals surface area contributed by atoms with Crippen LogP contribution in [0.1, 0.15) is 31.4 Å². The van der Waals surface area contributed by atoms with Gasteiger partial charge in [0.05, 0.1) is 19.3 Å². The molecule has 2 atom stereocenters. The Hall–Kier alpha value is -1.41. The average molecular weight is 291 g/mol. The number of benzene rings is 1. The molecule has 114 valence electrons. The number of aliphatic hydroxyl groups excluding tert-OH is 1. The fraction of sp³-hybridized carbons (Fsp3) is 0.529. The van der Waals surface area contributed by atoms with Gasteiger partial charge in [0.2, 0.25) is 0 Å². The highest BCUT2D eigenvalue weighted by Gasteiger charge is 2.24. The molecule has 1 aliphatic rings. The molecule has 2 unspecified atom stereocenters. The summed E-state index contributed by atoms with van der Waals surface area (Å²) in [6.07, 6.45) is 0.597. The number of halogens is 1. The van der Waals surface area contributed by atoms with Crippen LogP contribution in [0.3, 0.4) is 0 Å². The quantitative estimate of drug-likeness (QED) is 0.866. The lowest BCUT2D eigenvalue weighted by molar-refractivity contribution is -0.0529. The van der Waals surface area contributed by atoms with Crippen molar-refractivity contribution in [3.8, 4) is 11.8 Å². The lowest BCUT2D eigenvalue weighted by Gasteiger charge is -2.36. The second-order valence-corrected chi connectivity index (χ2v) is 5.50. The lowest BCUT2D eigenvalue weighted by atomic mass is 10.1. The van der Waals surface area contributed by atoms with Crippen molar-refractivity contribution in [2.24, 2.45) is 0 Å². The van der Waals surface area contributed by atoms with E-state index in [-0.39, 0.29) is 18.5 Å². The van der Waals surface area contributed by atoms with Gasteiger partial charge in [-0.2, -0.15) is 0 Å². The molecule has 3 nitrogen and oxygen atoms in total. The van der Waals surface area contributed by atoms with Crippen LogP contribution in [0.2, 0.25) is 0 Å². The third-order valence-corrected chi connectivity index (χ3v) is 3.63. The number of nitrogens with zero attached hydrogens (tertiary/aromatic N) is 1. The first-order chi connectivity index (χ1) is 10.1. The molecular weight excluding hydrogens is 269 g/mol. The first-order valence-corrected chi connectivity index (χ1v) is 7.34. The minimum atomic E-state index is -0.225. The van der Waals surface area contributed by atoms with Gasteiger partial charge in [-0.05, 0) is 26.0 Å². The first-order valence-electron chi connectivity index (χ1n) is 7.34. The molecule has 1 aromatic carbocycles. The maximum Gasteiger partial charge on any atom is 0.128 e. The Morgan fingerprint density at radius 2 is 2.24 bits per heavy atom. The van der Waals surface area contributed by atoms with Gasteiger partial charge in [-0.15, -0.1) is 0 Å². The predicted octanol–water partition coefficient (Wildman–Crippen LogP) is 2.17. The molecule has 1 aromatic rings. The van der Waals surface area contributed by atoms with Crippen LogP contribution in [0, 0.1) is 17.7 Å². The van der Waals surface area contributed by atoms with Crippen molar-refractivity contribution < 1.29 is 14.2 Å². The highest BCUT2D eigenvalue weighted by molar-refractivity contribution is 5.37. The van der Waals surface area contributed by atoms with Crippen molar-refractivity contribution in [1.29, 1.82) is 0 Å². The van der Waals surface area contributed by atoms with E-state index in [1.165, 1.54) is 6.07 Å². The molecule has 0 spiro atoms. The number of aliphatic hydroxyl groups is 1. The van der Waals surface area contributed by atoms with E-state index in [1.807, 2.05) is 13.0 Å². The zero-order chi connectivity index (χ0) is 15.2. The fourth-order valence-corrected chi connectivity index (χ4v) is 2.38. The molecule has 1 heterocycles. The molecule has 2 rings (SSSR count). The molecule has 1 aliphatic heterocycles. The number of hydrogen-bond donors (Lipinski definition) is 1. The third-order valence-electron chi connectivity index (χ3n) is 3.63. The minimum absolute atomic E-state index is 0.0284. The second-order valence-electron chi connectivity index (χ2n) is 5.50.